The number of carbonyl (C=O) groups excluding carboxylic acids is 2. The number of halogens is 3. The molecule has 7 heteroatoms. The third-order valence-electron chi connectivity index (χ3n) is 9.18. The van der Waals surface area contributed by atoms with Gasteiger partial charge < -0.3 is 9.47 Å². The fourth-order valence-corrected chi connectivity index (χ4v) is 8.06. The summed E-state index contributed by atoms with van der Waals surface area (Å²) in [5.74, 6) is -7.21. The predicted molar refractivity (Wildman–Crippen MR) is 87.5 cm³/mol. The number of hydrogen-bond acceptors (Lipinski definition) is 4. The first kappa shape index (κ1) is 17.8. The number of esters is 2. The van der Waals surface area contributed by atoms with E-state index < -0.39 is 58.2 Å². The van der Waals surface area contributed by atoms with Gasteiger partial charge in [0.15, 0.2) is 0 Å². The van der Waals surface area contributed by atoms with E-state index >= 15 is 13.2 Å². The van der Waals surface area contributed by atoms with Gasteiger partial charge >= 0.3 is 11.9 Å². The smallest absolute Gasteiger partial charge is 0.318 e. The van der Waals surface area contributed by atoms with Crippen molar-refractivity contribution in [1.82, 2.24) is 0 Å². The number of hydrogen-bond donors (Lipinski definition) is 0. The van der Waals surface area contributed by atoms with Gasteiger partial charge in [-0.1, -0.05) is 6.92 Å². The fraction of sp³-hybridized carbons (Fsp3) is 0.900. The van der Waals surface area contributed by atoms with E-state index in [1.54, 1.807) is 0 Å². The van der Waals surface area contributed by atoms with Crippen LogP contribution in [0.1, 0.15) is 52.4 Å². The Labute approximate surface area is 156 Å². The lowest BCUT2D eigenvalue weighted by atomic mass is 9.58. The van der Waals surface area contributed by atoms with Crippen LogP contribution in [-0.2, 0) is 19.1 Å². The molecule has 0 aromatic rings. The van der Waals surface area contributed by atoms with Gasteiger partial charge in [0.2, 0.25) is 0 Å². The minimum Gasteiger partial charge on any atom is -0.469 e. The second-order valence-electron chi connectivity index (χ2n) is 9.87. The van der Waals surface area contributed by atoms with Crippen LogP contribution in [0.15, 0.2) is 0 Å². The SMILES string of the molecule is COC(=O)[C@H]1C2[C@@]3(CCC(F)(F)[C@@]2(C)C(=O)O3)C2CC[C@]3(F)C[C@@]21C[C@@H]3C. The van der Waals surface area contributed by atoms with Gasteiger partial charge in [0.1, 0.15) is 16.7 Å². The van der Waals surface area contributed by atoms with Gasteiger partial charge in [-0.25, -0.2) is 13.2 Å². The molecule has 5 fully saturated rings. The van der Waals surface area contributed by atoms with Gasteiger partial charge in [0, 0.05) is 18.3 Å². The van der Waals surface area contributed by atoms with Crippen molar-refractivity contribution in [2.24, 2.45) is 34.5 Å². The number of alkyl halides is 3. The molecule has 4 nitrogen and oxygen atoms in total. The van der Waals surface area contributed by atoms with E-state index in [1.807, 2.05) is 6.92 Å². The maximum absolute atomic E-state index is 15.5. The summed E-state index contributed by atoms with van der Waals surface area (Å²) in [6.07, 6.45) is 0.990. The third-order valence-corrected chi connectivity index (χ3v) is 9.18. The maximum Gasteiger partial charge on any atom is 0.318 e. The molecular weight excluding hydrogens is 361 g/mol. The second-order valence-corrected chi connectivity index (χ2v) is 9.87. The molecule has 0 amide bonds. The molecule has 0 N–H and O–H groups in total. The molecule has 150 valence electrons. The van der Waals surface area contributed by atoms with Crippen LogP contribution in [0.5, 0.6) is 0 Å². The Morgan fingerprint density at radius 1 is 1.22 bits per heavy atom. The summed E-state index contributed by atoms with van der Waals surface area (Å²) < 4.78 is 56.5. The van der Waals surface area contributed by atoms with Crippen LogP contribution in [0, 0.1) is 34.5 Å². The van der Waals surface area contributed by atoms with Crippen molar-refractivity contribution in [3.63, 3.8) is 0 Å². The first-order valence-electron chi connectivity index (χ1n) is 9.87. The highest BCUT2D eigenvalue weighted by molar-refractivity contribution is 5.86. The van der Waals surface area contributed by atoms with Gasteiger partial charge in [-0.2, -0.15) is 0 Å². The van der Waals surface area contributed by atoms with Crippen molar-refractivity contribution in [2.75, 3.05) is 7.11 Å². The second kappa shape index (κ2) is 4.65. The van der Waals surface area contributed by atoms with Gasteiger partial charge in [0.25, 0.3) is 5.92 Å². The van der Waals surface area contributed by atoms with Crippen molar-refractivity contribution >= 4 is 11.9 Å². The van der Waals surface area contributed by atoms with Crippen molar-refractivity contribution in [3.05, 3.63) is 0 Å². The predicted octanol–water partition coefficient (Wildman–Crippen LogP) is 3.67. The van der Waals surface area contributed by atoms with E-state index in [2.05, 4.69) is 0 Å². The lowest BCUT2D eigenvalue weighted by Crippen LogP contribution is -2.56. The maximum atomic E-state index is 15.5. The van der Waals surface area contributed by atoms with Crippen LogP contribution in [0.4, 0.5) is 13.2 Å². The Kier molecular flexibility index (Phi) is 3.07. The number of fused-ring (bicyclic) bond motifs is 1. The zero-order chi connectivity index (χ0) is 19.6. The molecule has 4 aliphatic carbocycles. The van der Waals surface area contributed by atoms with Crippen LogP contribution in [0.3, 0.4) is 0 Å². The molecule has 1 saturated heterocycles. The van der Waals surface area contributed by atoms with Gasteiger partial charge in [-0.05, 0) is 50.4 Å². The van der Waals surface area contributed by atoms with E-state index in [4.69, 9.17) is 9.47 Å². The third kappa shape index (κ3) is 1.62. The Morgan fingerprint density at radius 3 is 2.59 bits per heavy atom. The van der Waals surface area contributed by atoms with E-state index in [0.717, 1.165) is 0 Å². The molecule has 1 spiro atoms. The standard InChI is InChI=1S/C20H25F3O4/c1-10-8-17-9-18(10,21)5-4-11(17)19-6-7-20(22,23)16(2,15(25)27-19)13(19)12(17)14(24)26-3/h10-13H,4-9H2,1-3H3/t10-,11?,12+,13?,16+,17-,18-,19+/m0/s1. The average molecular weight is 386 g/mol. The molecule has 0 aromatic heterocycles. The van der Waals surface area contributed by atoms with Crippen LogP contribution in [-0.4, -0.2) is 36.2 Å². The minimum atomic E-state index is -3.26. The zero-order valence-electron chi connectivity index (χ0n) is 15.8. The van der Waals surface area contributed by atoms with Crippen molar-refractivity contribution < 1.29 is 32.2 Å². The van der Waals surface area contributed by atoms with Gasteiger partial charge in [-0.15, -0.1) is 0 Å². The molecule has 1 heterocycles. The number of rotatable bonds is 1. The van der Waals surface area contributed by atoms with Crippen LogP contribution in [0.2, 0.25) is 0 Å². The normalized spacial score (nSPS) is 57.0. The molecule has 4 bridgehead atoms. The molecule has 27 heavy (non-hydrogen) atoms. The van der Waals surface area contributed by atoms with Gasteiger partial charge in [0.05, 0.1) is 13.0 Å². The molecule has 5 aliphatic rings. The molecular formula is C20H25F3O4. The summed E-state index contributed by atoms with van der Waals surface area (Å²) >= 11 is 0. The Morgan fingerprint density at radius 2 is 1.93 bits per heavy atom. The Hall–Kier alpha value is -1.27. The molecule has 5 rings (SSSR count). The number of carbonyl (C=O) groups is 2. The first-order chi connectivity index (χ1) is 12.5. The fourth-order valence-electron chi connectivity index (χ4n) is 8.06. The minimum absolute atomic E-state index is 0.0274. The zero-order valence-corrected chi connectivity index (χ0v) is 15.8. The van der Waals surface area contributed by atoms with E-state index in [-0.39, 0.29) is 24.7 Å². The monoisotopic (exact) mass is 386 g/mol. The van der Waals surface area contributed by atoms with E-state index in [1.165, 1.54) is 14.0 Å². The van der Waals surface area contributed by atoms with Crippen molar-refractivity contribution in [2.45, 2.75) is 69.6 Å². The summed E-state index contributed by atoms with van der Waals surface area (Å²) in [4.78, 5) is 25.7. The van der Waals surface area contributed by atoms with Crippen LogP contribution >= 0.6 is 0 Å². The molecule has 0 radical (unpaired) electrons. The van der Waals surface area contributed by atoms with Crippen LogP contribution < -0.4 is 0 Å². The molecule has 2 unspecified atom stereocenters. The topological polar surface area (TPSA) is 52.6 Å². The largest absolute Gasteiger partial charge is 0.469 e. The van der Waals surface area contributed by atoms with E-state index in [9.17, 15) is 9.59 Å². The summed E-state index contributed by atoms with van der Waals surface area (Å²) in [5.41, 5.74) is -5.33. The highest BCUT2D eigenvalue weighted by Gasteiger charge is 2.87. The number of methoxy groups -OCH3 is 1. The lowest BCUT2D eigenvalue weighted by molar-refractivity contribution is -0.185. The van der Waals surface area contributed by atoms with E-state index in [0.29, 0.717) is 19.3 Å². The number of ether oxygens (including phenoxy) is 2. The van der Waals surface area contributed by atoms with Crippen LogP contribution in [0.25, 0.3) is 0 Å². The molecule has 1 aliphatic heterocycles. The first-order valence-corrected chi connectivity index (χ1v) is 9.87. The summed E-state index contributed by atoms with van der Waals surface area (Å²) in [6.45, 7) is 3.08. The molecule has 8 atom stereocenters. The Bertz CT molecular complexity index is 756. The quantitative estimate of drug-likeness (QED) is 0.646. The highest BCUT2D eigenvalue weighted by atomic mass is 19.3. The summed E-state index contributed by atoms with van der Waals surface area (Å²) in [7, 11) is 1.23. The van der Waals surface area contributed by atoms with Gasteiger partial charge in [-0.3, -0.25) is 9.59 Å². The lowest BCUT2D eigenvalue weighted by Gasteiger charge is -2.46. The van der Waals surface area contributed by atoms with Crippen molar-refractivity contribution in [1.29, 1.82) is 0 Å². The Balaban J connectivity index is 1.76. The highest BCUT2D eigenvalue weighted by Crippen LogP contribution is 2.80. The molecule has 4 saturated carbocycles. The average Bonchev–Trinajstić information content (AvgIpc) is 3.03. The van der Waals surface area contributed by atoms with Crippen molar-refractivity contribution in [3.8, 4) is 0 Å². The summed E-state index contributed by atoms with van der Waals surface area (Å²) in [5, 5.41) is 0. The summed E-state index contributed by atoms with van der Waals surface area (Å²) in [6, 6.07) is 0. The molecule has 0 aromatic carbocycles.